The zero-order valence-corrected chi connectivity index (χ0v) is 27.0. The average molecular weight is 634 g/mol. The fourth-order valence-corrected chi connectivity index (χ4v) is 11.2. The number of ether oxygens (including phenoxy) is 2. The number of fused-ring (bicyclic) bond motifs is 2. The molecule has 238 valence electrons. The van der Waals surface area contributed by atoms with Crippen molar-refractivity contribution in [3.05, 3.63) is 88.0 Å². The van der Waals surface area contributed by atoms with E-state index in [4.69, 9.17) is 9.47 Å². The summed E-state index contributed by atoms with van der Waals surface area (Å²) in [4.78, 5) is 39.9. The van der Waals surface area contributed by atoms with Crippen LogP contribution in [0.3, 0.4) is 0 Å². The predicted molar refractivity (Wildman–Crippen MR) is 172 cm³/mol. The molecule has 0 aromatic heterocycles. The number of rotatable bonds is 10. The molecular weight excluding hydrogens is 594 g/mol. The van der Waals surface area contributed by atoms with Gasteiger partial charge in [0, 0.05) is 35.9 Å². The Balaban J connectivity index is 1.59. The smallest absolute Gasteiger partial charge is 0.269 e. The van der Waals surface area contributed by atoms with E-state index in [0.29, 0.717) is 28.9 Å². The maximum atomic E-state index is 14.7. The van der Waals surface area contributed by atoms with Crippen LogP contribution in [0.4, 0.5) is 17.1 Å². The van der Waals surface area contributed by atoms with Crippen molar-refractivity contribution in [2.24, 2.45) is 5.92 Å². The summed E-state index contributed by atoms with van der Waals surface area (Å²) in [5.74, 6) is -0.527. The molecule has 5 rings (SSSR count). The second-order valence-corrected chi connectivity index (χ2v) is 17.1. The summed E-state index contributed by atoms with van der Waals surface area (Å²) in [6.07, 6.45) is -1.35. The molecule has 2 aliphatic heterocycles. The number of carbonyl (C=O) groups is 2. The minimum Gasteiger partial charge on any atom is -0.497 e. The molecule has 1 spiro atoms. The molecule has 2 aliphatic rings. The van der Waals surface area contributed by atoms with E-state index in [9.17, 15) is 29.9 Å². The van der Waals surface area contributed by atoms with Crippen LogP contribution in [0.2, 0.25) is 18.6 Å². The van der Waals surface area contributed by atoms with E-state index < -0.39 is 36.7 Å². The van der Waals surface area contributed by atoms with Crippen molar-refractivity contribution in [2.45, 2.75) is 63.3 Å². The number of amides is 2. The first-order valence-corrected chi connectivity index (χ1v) is 18.0. The van der Waals surface area contributed by atoms with Crippen LogP contribution in [0.15, 0.2) is 66.7 Å². The minimum atomic E-state index is -2.41. The van der Waals surface area contributed by atoms with E-state index >= 15 is 0 Å². The van der Waals surface area contributed by atoms with Crippen LogP contribution in [-0.2, 0) is 26.5 Å². The van der Waals surface area contributed by atoms with Crippen LogP contribution >= 0.6 is 0 Å². The van der Waals surface area contributed by atoms with Crippen molar-refractivity contribution in [2.75, 3.05) is 23.9 Å². The molecule has 2 amide bonds. The summed E-state index contributed by atoms with van der Waals surface area (Å²) < 4.78 is 12.2. The number of non-ortho nitro benzene ring substituents is 1. The highest BCUT2D eigenvalue weighted by Crippen LogP contribution is 2.60. The maximum absolute atomic E-state index is 14.7. The molecule has 0 radical (unpaired) electrons. The second-order valence-electron chi connectivity index (χ2n) is 12.4. The van der Waals surface area contributed by atoms with Crippen molar-refractivity contribution >= 4 is 42.1 Å². The van der Waals surface area contributed by atoms with E-state index in [1.807, 2.05) is 37.3 Å². The van der Waals surface area contributed by atoms with Crippen LogP contribution in [-0.4, -0.2) is 60.9 Å². The third-order valence-corrected chi connectivity index (χ3v) is 13.7. The minimum absolute atomic E-state index is 0.118. The quantitative estimate of drug-likeness (QED) is 0.172. The van der Waals surface area contributed by atoms with Crippen molar-refractivity contribution < 1.29 is 34.2 Å². The topological polar surface area (TPSA) is 151 Å². The molecule has 45 heavy (non-hydrogen) atoms. The van der Waals surface area contributed by atoms with Crippen molar-refractivity contribution in [3.8, 4) is 5.75 Å². The molecule has 0 bridgehead atoms. The number of aliphatic hydroxyl groups excluding tert-OH is 2. The van der Waals surface area contributed by atoms with Crippen molar-refractivity contribution in [1.29, 1.82) is 0 Å². The molecule has 1 fully saturated rings. The monoisotopic (exact) mass is 633 g/mol. The van der Waals surface area contributed by atoms with Crippen LogP contribution in [0.25, 0.3) is 0 Å². The third kappa shape index (κ3) is 5.63. The maximum Gasteiger partial charge on any atom is 0.269 e. The SMILES string of the molecule is COc1ccc([Si](C)(C)[C@@H]2[C@@H](CCO)O[C@]3(C(=O)N(Cc4cccc(NC(=O)[C@H](C)O)c4)c4ccc([N+](=O)[O-])cc43)[C@H]2C)cc1. The summed E-state index contributed by atoms with van der Waals surface area (Å²) in [5.41, 5.74) is 0.365. The number of nitro groups is 1. The Bertz CT molecular complexity index is 1610. The van der Waals surface area contributed by atoms with Crippen LogP contribution in [0.5, 0.6) is 5.75 Å². The lowest BCUT2D eigenvalue weighted by Crippen LogP contribution is -2.51. The van der Waals surface area contributed by atoms with Gasteiger partial charge >= 0.3 is 0 Å². The summed E-state index contributed by atoms with van der Waals surface area (Å²) in [7, 11) is -0.798. The predicted octanol–water partition coefficient (Wildman–Crippen LogP) is 4.07. The molecule has 2 heterocycles. The number of aliphatic hydroxyl groups is 2. The van der Waals surface area contributed by atoms with Crippen molar-refractivity contribution in [3.63, 3.8) is 0 Å². The molecule has 0 unspecified atom stereocenters. The highest BCUT2D eigenvalue weighted by atomic mass is 28.3. The molecule has 12 heteroatoms. The number of nitrogens with one attached hydrogen (secondary N) is 1. The lowest BCUT2D eigenvalue weighted by Gasteiger charge is -2.37. The zero-order valence-electron chi connectivity index (χ0n) is 26.0. The van der Waals surface area contributed by atoms with Gasteiger partial charge in [0.2, 0.25) is 0 Å². The Hall–Kier alpha value is -4.10. The van der Waals surface area contributed by atoms with Crippen LogP contribution in [0.1, 0.15) is 31.4 Å². The second kappa shape index (κ2) is 12.4. The van der Waals surface area contributed by atoms with Gasteiger partial charge in [-0.1, -0.05) is 49.5 Å². The van der Waals surface area contributed by atoms with Crippen LogP contribution in [0, 0.1) is 16.0 Å². The van der Waals surface area contributed by atoms with Gasteiger partial charge in [-0.05, 0) is 54.8 Å². The third-order valence-electron chi connectivity index (χ3n) is 9.36. The zero-order chi connectivity index (χ0) is 32.7. The fourth-order valence-electron chi connectivity index (χ4n) is 7.15. The largest absolute Gasteiger partial charge is 0.497 e. The van der Waals surface area contributed by atoms with Gasteiger partial charge in [0.05, 0.1) is 38.4 Å². The van der Waals surface area contributed by atoms with Gasteiger partial charge in [-0.2, -0.15) is 0 Å². The highest BCUT2D eigenvalue weighted by Gasteiger charge is 2.66. The van der Waals surface area contributed by atoms with E-state index in [-0.39, 0.29) is 36.2 Å². The van der Waals surface area contributed by atoms with E-state index in [0.717, 1.165) is 10.9 Å². The molecule has 5 atom stereocenters. The number of anilines is 2. The molecule has 3 aromatic rings. The van der Waals surface area contributed by atoms with Gasteiger partial charge < -0.3 is 29.9 Å². The van der Waals surface area contributed by atoms with Crippen LogP contribution < -0.4 is 20.1 Å². The summed E-state index contributed by atoms with van der Waals surface area (Å²) in [6, 6.07) is 19.3. The highest BCUT2D eigenvalue weighted by molar-refractivity contribution is 6.91. The Morgan fingerprint density at radius 3 is 2.51 bits per heavy atom. The first-order valence-electron chi connectivity index (χ1n) is 15.0. The Labute approximate surface area is 262 Å². The Morgan fingerprint density at radius 2 is 1.89 bits per heavy atom. The van der Waals surface area contributed by atoms with Crippen molar-refractivity contribution in [1.82, 2.24) is 0 Å². The number of hydrogen-bond donors (Lipinski definition) is 3. The summed E-state index contributed by atoms with van der Waals surface area (Å²) >= 11 is 0. The summed E-state index contributed by atoms with van der Waals surface area (Å²) in [6.45, 7) is 7.78. The first-order chi connectivity index (χ1) is 21.3. The van der Waals surface area contributed by atoms with E-state index in [1.54, 1.807) is 36.3 Å². The fraction of sp³-hybridized carbons (Fsp3) is 0.394. The normalized spacial score (nSPS) is 23.2. The molecule has 3 N–H and O–H groups in total. The number of nitrogens with zero attached hydrogens (tertiary/aromatic N) is 2. The molecule has 1 saturated heterocycles. The van der Waals surface area contributed by atoms with Gasteiger partial charge in [-0.25, -0.2) is 0 Å². The number of methoxy groups -OCH3 is 1. The van der Waals surface area contributed by atoms with Gasteiger partial charge in [-0.15, -0.1) is 0 Å². The Morgan fingerprint density at radius 1 is 1.18 bits per heavy atom. The van der Waals surface area contributed by atoms with Gasteiger partial charge in [-0.3, -0.25) is 19.7 Å². The Kier molecular flexibility index (Phi) is 8.87. The molecule has 11 nitrogen and oxygen atoms in total. The lowest BCUT2D eigenvalue weighted by atomic mass is 9.82. The molecule has 0 saturated carbocycles. The summed E-state index contributed by atoms with van der Waals surface area (Å²) in [5, 5.41) is 35.4. The lowest BCUT2D eigenvalue weighted by molar-refractivity contribution is -0.385. The number of carbonyl (C=O) groups excluding carboxylic acids is 2. The molecular formula is C33H39N3O8Si. The standard InChI is InChI=1S/C33H39N3O8Si/c1-20-30(45(4,5)26-12-10-25(43-3)11-13-26)29(15-16-37)44-33(20)27-18-24(36(41)42)9-14-28(27)35(32(33)40)19-22-7-6-8-23(17-22)34-31(39)21(2)38/h6-14,17-18,20-21,29-30,37-38H,15-16,19H2,1-5H3,(H,34,39)/t20-,21-,29+,30-,33+/m0/s1. The molecule has 3 aromatic carbocycles. The van der Waals surface area contributed by atoms with E-state index in [1.165, 1.54) is 19.1 Å². The van der Waals surface area contributed by atoms with Gasteiger partial charge in [0.25, 0.3) is 17.5 Å². The number of benzene rings is 3. The molecule has 0 aliphatic carbocycles. The number of nitro benzene ring substituents is 1. The van der Waals surface area contributed by atoms with Gasteiger partial charge in [0.1, 0.15) is 11.9 Å². The average Bonchev–Trinajstić information content (AvgIpc) is 3.43. The first kappa shape index (κ1) is 32.3. The number of hydrogen-bond acceptors (Lipinski definition) is 8. The van der Waals surface area contributed by atoms with Gasteiger partial charge in [0.15, 0.2) is 5.60 Å². The van der Waals surface area contributed by atoms with E-state index in [2.05, 4.69) is 18.4 Å².